The van der Waals surface area contributed by atoms with Gasteiger partial charge in [0.1, 0.15) is 14.5 Å². The Bertz CT molecular complexity index is 483. The fourth-order valence-corrected chi connectivity index (χ4v) is 1.70. The molecule has 0 fully saturated rings. The molecule has 0 N–H and O–H groups in total. The molecule has 0 heterocycles. The van der Waals surface area contributed by atoms with Crippen LogP contribution in [0.25, 0.3) is 0 Å². The van der Waals surface area contributed by atoms with Gasteiger partial charge in [-0.25, -0.2) is 0 Å². The Morgan fingerprint density at radius 1 is 1.00 bits per heavy atom. The smallest absolute Gasteiger partial charge is 0.160 e. The van der Waals surface area contributed by atoms with Crippen LogP contribution in [0.5, 0.6) is 11.5 Å². The highest BCUT2D eigenvalue weighted by molar-refractivity contribution is 6.34. The van der Waals surface area contributed by atoms with E-state index in [1.165, 1.54) is 0 Å². The molecule has 0 amide bonds. The third-order valence-corrected chi connectivity index (χ3v) is 2.62. The predicted octanol–water partition coefficient (Wildman–Crippen LogP) is 1.53. The highest BCUT2D eigenvalue weighted by atomic mass is 16.5. The van der Waals surface area contributed by atoms with Gasteiger partial charge in [0.15, 0.2) is 11.5 Å². The predicted molar refractivity (Wildman–Crippen MR) is 71.9 cm³/mol. The minimum absolute atomic E-state index is 0.558. The maximum atomic E-state index is 5.82. The molecule has 2 rings (SSSR count). The summed E-state index contributed by atoms with van der Waals surface area (Å²) < 4.78 is 11.1. The maximum Gasteiger partial charge on any atom is 0.160 e. The second-order valence-corrected chi connectivity index (χ2v) is 3.88. The molecule has 0 spiro atoms. The normalized spacial score (nSPS) is 9.94. The lowest BCUT2D eigenvalue weighted by Gasteiger charge is -2.13. The Hall–Kier alpha value is -1.90. The van der Waals surface area contributed by atoms with Crippen molar-refractivity contribution in [1.82, 2.24) is 0 Å². The molecule has 0 bridgehead atoms. The highest BCUT2D eigenvalue weighted by Gasteiger charge is 2.06. The first kappa shape index (κ1) is 11.6. The summed E-state index contributed by atoms with van der Waals surface area (Å²) in [6.45, 7) is 0.558. The van der Waals surface area contributed by atoms with Crippen molar-refractivity contribution in [3.05, 3.63) is 54.1 Å². The molecule has 0 unspecified atom stereocenters. The Morgan fingerprint density at radius 3 is 2.47 bits per heavy atom. The molecular formula is C14H15BO2. The van der Waals surface area contributed by atoms with Crippen molar-refractivity contribution in [1.29, 1.82) is 0 Å². The topological polar surface area (TPSA) is 18.5 Å². The SMILES string of the molecule is Bc1cccc(OC)c1OCc1ccccc1. The van der Waals surface area contributed by atoms with E-state index in [0.717, 1.165) is 22.5 Å². The molecule has 0 aliphatic carbocycles. The number of hydrogen-bond donors (Lipinski definition) is 0. The van der Waals surface area contributed by atoms with Gasteiger partial charge in [0.05, 0.1) is 7.11 Å². The molecule has 2 aromatic carbocycles. The van der Waals surface area contributed by atoms with E-state index in [0.29, 0.717) is 6.61 Å². The van der Waals surface area contributed by atoms with E-state index >= 15 is 0 Å². The molecule has 86 valence electrons. The van der Waals surface area contributed by atoms with Crippen molar-refractivity contribution in [3.63, 3.8) is 0 Å². The molecule has 2 nitrogen and oxygen atoms in total. The van der Waals surface area contributed by atoms with Gasteiger partial charge in [0.25, 0.3) is 0 Å². The van der Waals surface area contributed by atoms with E-state index in [-0.39, 0.29) is 0 Å². The monoisotopic (exact) mass is 226 g/mol. The summed E-state index contributed by atoms with van der Waals surface area (Å²) in [5, 5.41) is 0. The van der Waals surface area contributed by atoms with E-state index in [9.17, 15) is 0 Å². The standard InChI is InChI=1S/C14H15BO2/c1-16-13-9-5-8-12(15)14(13)17-10-11-6-3-2-4-7-11/h2-9H,10,15H2,1H3. The third-order valence-electron chi connectivity index (χ3n) is 2.62. The number of methoxy groups -OCH3 is 1. The maximum absolute atomic E-state index is 5.82. The van der Waals surface area contributed by atoms with Crippen molar-refractivity contribution in [2.45, 2.75) is 6.61 Å². The van der Waals surface area contributed by atoms with Gasteiger partial charge >= 0.3 is 0 Å². The summed E-state index contributed by atoms with van der Waals surface area (Å²) in [6, 6.07) is 16.0. The molecule has 0 aliphatic heterocycles. The Kier molecular flexibility index (Phi) is 3.71. The van der Waals surface area contributed by atoms with Crippen molar-refractivity contribution in [3.8, 4) is 11.5 Å². The Morgan fingerprint density at radius 2 is 1.76 bits per heavy atom. The van der Waals surface area contributed by atoms with E-state index in [1.54, 1.807) is 7.11 Å². The molecule has 0 aliphatic rings. The van der Waals surface area contributed by atoms with Crippen molar-refractivity contribution < 1.29 is 9.47 Å². The lowest BCUT2D eigenvalue weighted by Crippen LogP contribution is -2.10. The molecule has 0 radical (unpaired) electrons. The highest BCUT2D eigenvalue weighted by Crippen LogP contribution is 2.24. The average Bonchev–Trinajstić information content (AvgIpc) is 2.38. The second kappa shape index (κ2) is 5.44. The lowest BCUT2D eigenvalue weighted by atomic mass is 9.95. The van der Waals surface area contributed by atoms with Gasteiger partial charge in [-0.15, -0.1) is 0 Å². The zero-order valence-corrected chi connectivity index (χ0v) is 10.1. The zero-order valence-electron chi connectivity index (χ0n) is 10.1. The van der Waals surface area contributed by atoms with Crippen molar-refractivity contribution in [2.75, 3.05) is 7.11 Å². The van der Waals surface area contributed by atoms with Crippen LogP contribution < -0.4 is 14.9 Å². The van der Waals surface area contributed by atoms with Gasteiger partial charge in [0, 0.05) is 0 Å². The first-order valence-electron chi connectivity index (χ1n) is 5.61. The summed E-state index contributed by atoms with van der Waals surface area (Å²) in [7, 11) is 3.67. The lowest BCUT2D eigenvalue weighted by molar-refractivity contribution is 0.287. The van der Waals surface area contributed by atoms with E-state index in [2.05, 4.69) is 0 Å². The molecule has 0 aromatic heterocycles. The van der Waals surface area contributed by atoms with Crippen LogP contribution >= 0.6 is 0 Å². The van der Waals surface area contributed by atoms with Gasteiger partial charge < -0.3 is 9.47 Å². The Balaban J connectivity index is 2.14. The fourth-order valence-electron chi connectivity index (χ4n) is 1.70. The molecule has 2 aromatic rings. The van der Waals surface area contributed by atoms with Crippen molar-refractivity contribution in [2.24, 2.45) is 0 Å². The number of para-hydroxylation sites is 1. The average molecular weight is 226 g/mol. The molecule has 0 saturated heterocycles. The van der Waals surface area contributed by atoms with Gasteiger partial charge in [-0.1, -0.05) is 42.5 Å². The van der Waals surface area contributed by atoms with Crippen LogP contribution in [0, 0.1) is 0 Å². The van der Waals surface area contributed by atoms with Crippen LogP contribution in [-0.2, 0) is 6.61 Å². The first-order chi connectivity index (χ1) is 8.31. The molecule has 0 saturated carbocycles. The van der Waals surface area contributed by atoms with Crippen LogP contribution in [0.15, 0.2) is 48.5 Å². The number of rotatable bonds is 4. The van der Waals surface area contributed by atoms with Crippen LogP contribution in [0.1, 0.15) is 5.56 Å². The number of benzene rings is 2. The molecule has 3 heteroatoms. The number of ether oxygens (including phenoxy) is 2. The number of hydrogen-bond acceptors (Lipinski definition) is 2. The van der Waals surface area contributed by atoms with Gasteiger partial charge in [-0.2, -0.15) is 0 Å². The summed E-state index contributed by atoms with van der Waals surface area (Å²) >= 11 is 0. The molecule has 0 atom stereocenters. The first-order valence-corrected chi connectivity index (χ1v) is 5.61. The second-order valence-electron chi connectivity index (χ2n) is 3.88. The largest absolute Gasteiger partial charge is 0.493 e. The molecular weight excluding hydrogens is 211 g/mol. The van der Waals surface area contributed by atoms with Crippen LogP contribution in [0.2, 0.25) is 0 Å². The van der Waals surface area contributed by atoms with E-state index in [4.69, 9.17) is 9.47 Å². The Labute approximate surface area is 103 Å². The summed E-state index contributed by atoms with van der Waals surface area (Å²) in [5.74, 6) is 1.60. The van der Waals surface area contributed by atoms with Gasteiger partial charge in [-0.3, -0.25) is 0 Å². The fraction of sp³-hybridized carbons (Fsp3) is 0.143. The minimum Gasteiger partial charge on any atom is -0.493 e. The van der Waals surface area contributed by atoms with Crippen LogP contribution in [-0.4, -0.2) is 15.0 Å². The van der Waals surface area contributed by atoms with Gasteiger partial charge in [-0.05, 0) is 17.1 Å². The van der Waals surface area contributed by atoms with Crippen LogP contribution in [0.4, 0.5) is 0 Å². The quantitative estimate of drug-likeness (QED) is 0.736. The van der Waals surface area contributed by atoms with E-state index < -0.39 is 0 Å². The summed E-state index contributed by atoms with van der Waals surface area (Å²) in [5.41, 5.74) is 2.23. The summed E-state index contributed by atoms with van der Waals surface area (Å²) in [4.78, 5) is 0. The molecule has 17 heavy (non-hydrogen) atoms. The third kappa shape index (κ3) is 2.81. The van der Waals surface area contributed by atoms with Crippen LogP contribution in [0.3, 0.4) is 0 Å². The van der Waals surface area contributed by atoms with E-state index in [1.807, 2.05) is 56.4 Å². The summed E-state index contributed by atoms with van der Waals surface area (Å²) in [6.07, 6.45) is 0. The zero-order chi connectivity index (χ0) is 12.1. The van der Waals surface area contributed by atoms with Gasteiger partial charge in [0.2, 0.25) is 0 Å². The van der Waals surface area contributed by atoms with Crippen molar-refractivity contribution >= 4 is 13.3 Å². The minimum atomic E-state index is 0.558.